The summed E-state index contributed by atoms with van der Waals surface area (Å²) >= 11 is 0. The molecule has 0 unspecified atom stereocenters. The first-order valence-corrected chi connectivity index (χ1v) is 12.6. The van der Waals surface area contributed by atoms with Gasteiger partial charge in [0.15, 0.2) is 0 Å². The standard InChI is InChI=1S/C30H20N6O8/c37-27(38)17-4-8-23(31-13-17)35(24-9-5-18(14-32-24)28(39)40)21-2-1-3-22(12-21)36(25-10-6-19(15-33-25)29(41)42)26-11-7-20(16-34-26)30(43)44/h1-16H,(H,37,38)(H,39,40)(H,41,42)(H,43,44). The summed E-state index contributed by atoms with van der Waals surface area (Å²) in [7, 11) is 0. The highest BCUT2D eigenvalue weighted by atomic mass is 16.4. The molecule has 4 aromatic heterocycles. The number of aromatic nitrogens is 4. The predicted octanol–water partition coefficient (Wildman–Crippen LogP) is 5.00. The molecule has 4 heterocycles. The van der Waals surface area contributed by atoms with E-state index in [1.165, 1.54) is 73.3 Å². The van der Waals surface area contributed by atoms with Gasteiger partial charge in [-0.25, -0.2) is 39.1 Å². The summed E-state index contributed by atoms with van der Waals surface area (Å²) < 4.78 is 0. The van der Waals surface area contributed by atoms with E-state index in [0.717, 1.165) is 0 Å². The highest BCUT2D eigenvalue weighted by Gasteiger charge is 2.21. The van der Waals surface area contributed by atoms with Crippen molar-refractivity contribution in [1.29, 1.82) is 0 Å². The smallest absolute Gasteiger partial charge is 0.337 e. The zero-order chi connectivity index (χ0) is 31.4. The fourth-order valence-corrected chi connectivity index (χ4v) is 4.11. The van der Waals surface area contributed by atoms with Gasteiger partial charge in [-0.3, -0.25) is 9.80 Å². The van der Waals surface area contributed by atoms with Crippen LogP contribution in [0.2, 0.25) is 0 Å². The molecule has 0 bridgehead atoms. The zero-order valence-electron chi connectivity index (χ0n) is 22.3. The summed E-state index contributed by atoms with van der Waals surface area (Å²) in [5.41, 5.74) is 0.735. The second-order valence-corrected chi connectivity index (χ2v) is 9.03. The van der Waals surface area contributed by atoms with E-state index in [0.29, 0.717) is 11.4 Å². The van der Waals surface area contributed by atoms with E-state index < -0.39 is 23.9 Å². The number of hydrogen-bond acceptors (Lipinski definition) is 10. The Hall–Kier alpha value is -6.70. The monoisotopic (exact) mass is 592 g/mol. The van der Waals surface area contributed by atoms with Crippen LogP contribution in [0.5, 0.6) is 0 Å². The van der Waals surface area contributed by atoms with Crippen LogP contribution in [0.25, 0.3) is 0 Å². The fourth-order valence-electron chi connectivity index (χ4n) is 4.11. The van der Waals surface area contributed by atoms with Crippen LogP contribution in [0.4, 0.5) is 34.6 Å². The predicted molar refractivity (Wildman–Crippen MR) is 155 cm³/mol. The van der Waals surface area contributed by atoms with Gasteiger partial charge in [0.2, 0.25) is 0 Å². The van der Waals surface area contributed by atoms with Crippen LogP contribution in [-0.4, -0.2) is 64.2 Å². The van der Waals surface area contributed by atoms with Gasteiger partial charge >= 0.3 is 23.9 Å². The number of aromatic carboxylic acids is 4. The van der Waals surface area contributed by atoms with Crippen LogP contribution in [0.1, 0.15) is 41.4 Å². The normalized spacial score (nSPS) is 10.5. The van der Waals surface area contributed by atoms with Gasteiger partial charge in [-0.2, -0.15) is 0 Å². The van der Waals surface area contributed by atoms with Gasteiger partial charge in [0.1, 0.15) is 23.3 Å². The first-order valence-electron chi connectivity index (χ1n) is 12.6. The molecule has 0 aliphatic rings. The maximum Gasteiger partial charge on any atom is 0.337 e. The molecule has 4 N–H and O–H groups in total. The van der Waals surface area contributed by atoms with Gasteiger partial charge in [-0.1, -0.05) is 6.07 Å². The Bertz CT molecular complexity index is 1610. The van der Waals surface area contributed by atoms with Crippen LogP contribution in [0.3, 0.4) is 0 Å². The van der Waals surface area contributed by atoms with Crippen molar-refractivity contribution in [2.45, 2.75) is 0 Å². The molecule has 5 aromatic rings. The lowest BCUT2D eigenvalue weighted by atomic mass is 10.2. The van der Waals surface area contributed by atoms with Crippen LogP contribution in [0.15, 0.2) is 97.6 Å². The summed E-state index contributed by atoms with van der Waals surface area (Å²) in [4.78, 5) is 66.0. The molecule has 0 saturated carbocycles. The highest BCUT2D eigenvalue weighted by Crippen LogP contribution is 2.38. The molecule has 0 amide bonds. The molecule has 14 heteroatoms. The minimum atomic E-state index is -1.17. The van der Waals surface area contributed by atoms with Crippen molar-refractivity contribution in [3.63, 3.8) is 0 Å². The van der Waals surface area contributed by atoms with Gasteiger partial charge in [0.05, 0.1) is 33.6 Å². The van der Waals surface area contributed by atoms with E-state index in [9.17, 15) is 39.6 Å². The number of carboxylic acids is 4. The second kappa shape index (κ2) is 12.0. The molecule has 0 atom stereocenters. The third kappa shape index (κ3) is 5.99. The molecular weight excluding hydrogens is 572 g/mol. The average molecular weight is 593 g/mol. The molecule has 0 aliphatic carbocycles. The largest absolute Gasteiger partial charge is 0.478 e. The topological polar surface area (TPSA) is 207 Å². The Balaban J connectivity index is 1.66. The first kappa shape index (κ1) is 28.8. The van der Waals surface area contributed by atoms with Crippen molar-refractivity contribution in [2.75, 3.05) is 9.80 Å². The number of benzene rings is 1. The molecule has 0 radical (unpaired) electrons. The van der Waals surface area contributed by atoms with Gasteiger partial charge < -0.3 is 20.4 Å². The SMILES string of the molecule is O=C(O)c1ccc(N(c2cccc(N(c3ccc(C(=O)O)cn3)c3ccc(C(=O)O)cn3)c2)c2ccc(C(=O)O)cn2)nc1. The van der Waals surface area contributed by atoms with Crippen molar-refractivity contribution in [3.8, 4) is 0 Å². The molecular formula is C30H20N6O8. The summed E-state index contributed by atoms with van der Waals surface area (Å²) in [5.74, 6) is -3.60. The Morgan fingerprint density at radius 2 is 0.705 bits per heavy atom. The fraction of sp³-hybridized carbons (Fsp3) is 0. The maximum atomic E-state index is 11.4. The van der Waals surface area contributed by atoms with Crippen LogP contribution < -0.4 is 9.80 Å². The number of anilines is 6. The van der Waals surface area contributed by atoms with Crippen LogP contribution in [0, 0.1) is 0 Å². The first-order chi connectivity index (χ1) is 21.1. The number of rotatable bonds is 10. The van der Waals surface area contributed by atoms with Crippen molar-refractivity contribution >= 4 is 58.5 Å². The van der Waals surface area contributed by atoms with Gasteiger partial charge in [-0.15, -0.1) is 0 Å². The lowest BCUT2D eigenvalue weighted by Crippen LogP contribution is -2.17. The molecule has 0 fully saturated rings. The number of carbonyl (C=O) groups is 4. The van der Waals surface area contributed by atoms with Gasteiger partial charge in [0.25, 0.3) is 0 Å². The molecule has 14 nitrogen and oxygen atoms in total. The Morgan fingerprint density at radius 1 is 0.432 bits per heavy atom. The summed E-state index contributed by atoms with van der Waals surface area (Å²) in [6, 6.07) is 18.1. The minimum Gasteiger partial charge on any atom is -0.478 e. The highest BCUT2D eigenvalue weighted by molar-refractivity contribution is 5.90. The summed E-state index contributed by atoms with van der Waals surface area (Å²) in [5, 5.41) is 37.3. The van der Waals surface area contributed by atoms with E-state index in [-0.39, 0.29) is 45.5 Å². The van der Waals surface area contributed by atoms with E-state index >= 15 is 0 Å². The molecule has 1 aromatic carbocycles. The van der Waals surface area contributed by atoms with Crippen molar-refractivity contribution in [1.82, 2.24) is 19.9 Å². The lowest BCUT2D eigenvalue weighted by molar-refractivity contribution is 0.0685. The Kier molecular flexibility index (Phi) is 7.88. The van der Waals surface area contributed by atoms with Crippen LogP contribution >= 0.6 is 0 Å². The van der Waals surface area contributed by atoms with Gasteiger partial charge in [0, 0.05) is 24.8 Å². The van der Waals surface area contributed by atoms with Crippen LogP contribution in [-0.2, 0) is 0 Å². The molecule has 44 heavy (non-hydrogen) atoms. The quantitative estimate of drug-likeness (QED) is 0.168. The maximum absolute atomic E-state index is 11.4. The van der Waals surface area contributed by atoms with Gasteiger partial charge in [-0.05, 0) is 66.7 Å². The van der Waals surface area contributed by atoms with E-state index in [4.69, 9.17) is 0 Å². The van der Waals surface area contributed by atoms with Crippen molar-refractivity contribution < 1.29 is 39.6 Å². The van der Waals surface area contributed by atoms with E-state index in [1.807, 2.05) is 0 Å². The molecule has 5 rings (SSSR count). The second-order valence-electron chi connectivity index (χ2n) is 9.03. The zero-order valence-corrected chi connectivity index (χ0v) is 22.3. The Morgan fingerprint density at radius 3 is 0.909 bits per heavy atom. The number of hydrogen-bond donors (Lipinski definition) is 4. The number of nitrogens with zero attached hydrogens (tertiary/aromatic N) is 6. The average Bonchev–Trinajstić information content (AvgIpc) is 3.02. The molecule has 0 aliphatic heterocycles. The number of pyridine rings is 4. The van der Waals surface area contributed by atoms with Crippen molar-refractivity contribution in [2.24, 2.45) is 0 Å². The summed E-state index contributed by atoms with van der Waals surface area (Å²) in [6.07, 6.45) is 4.70. The number of carboxylic acid groups (broad SMARTS) is 4. The van der Waals surface area contributed by atoms with E-state index in [1.54, 1.807) is 34.1 Å². The van der Waals surface area contributed by atoms with E-state index in [2.05, 4.69) is 19.9 Å². The lowest BCUT2D eigenvalue weighted by Gasteiger charge is -2.27. The summed E-state index contributed by atoms with van der Waals surface area (Å²) in [6.45, 7) is 0. The Labute approximate surface area is 247 Å². The minimum absolute atomic E-state index is 0.0467. The third-order valence-corrected chi connectivity index (χ3v) is 6.24. The third-order valence-electron chi connectivity index (χ3n) is 6.24. The van der Waals surface area contributed by atoms with Crippen molar-refractivity contribution in [3.05, 3.63) is 120 Å². The molecule has 0 spiro atoms. The molecule has 0 saturated heterocycles. The molecule has 218 valence electrons.